The molecule has 0 unspecified atom stereocenters. The molecule has 0 aliphatic rings. The van der Waals surface area contributed by atoms with Crippen molar-refractivity contribution in [2.24, 2.45) is 0 Å². The molecule has 2 N–H and O–H groups in total. The van der Waals surface area contributed by atoms with Gasteiger partial charge in [-0.25, -0.2) is 13.1 Å². The van der Waals surface area contributed by atoms with Crippen molar-refractivity contribution < 1.29 is 22.7 Å². The smallest absolute Gasteiger partial charge is 0.257 e. The molecule has 134 valence electrons. The Morgan fingerprint density at radius 1 is 0.960 bits per heavy atom. The number of hydrogen-bond acceptors (Lipinski definition) is 5. The van der Waals surface area contributed by atoms with Gasteiger partial charge in [0.05, 0.1) is 12.0 Å². The Hall–Kier alpha value is -2.58. The van der Waals surface area contributed by atoms with Gasteiger partial charge in [-0.1, -0.05) is 18.2 Å². The van der Waals surface area contributed by atoms with E-state index in [0.29, 0.717) is 11.5 Å². The number of sulfonamides is 1. The van der Waals surface area contributed by atoms with Crippen LogP contribution in [0, 0.1) is 0 Å². The number of rotatable bonds is 9. The summed E-state index contributed by atoms with van der Waals surface area (Å²) < 4.78 is 36.9. The number of ether oxygens (including phenoxy) is 2. The first-order chi connectivity index (χ1) is 12.0. The van der Waals surface area contributed by atoms with E-state index in [0.717, 1.165) is 0 Å². The lowest BCUT2D eigenvalue weighted by Gasteiger charge is -2.09. The van der Waals surface area contributed by atoms with Crippen molar-refractivity contribution >= 4 is 15.9 Å². The molecule has 0 atom stereocenters. The first kappa shape index (κ1) is 18.8. The Morgan fingerprint density at radius 3 is 2.28 bits per heavy atom. The van der Waals surface area contributed by atoms with E-state index in [-0.39, 0.29) is 30.5 Å². The Bertz CT molecular complexity index is 776. The number of methoxy groups -OCH3 is 1. The van der Waals surface area contributed by atoms with E-state index in [9.17, 15) is 13.2 Å². The minimum atomic E-state index is -3.63. The van der Waals surface area contributed by atoms with E-state index in [2.05, 4.69) is 10.0 Å². The number of para-hydroxylation sites is 1. The topological polar surface area (TPSA) is 93.7 Å². The van der Waals surface area contributed by atoms with Gasteiger partial charge in [0.25, 0.3) is 5.91 Å². The molecule has 0 heterocycles. The molecule has 2 rings (SSSR count). The van der Waals surface area contributed by atoms with E-state index in [1.165, 1.54) is 19.2 Å². The van der Waals surface area contributed by atoms with Crippen LogP contribution in [0.25, 0.3) is 0 Å². The number of carbonyl (C=O) groups excluding carboxylic acids is 1. The molecule has 8 heteroatoms. The van der Waals surface area contributed by atoms with E-state index in [1.54, 1.807) is 36.4 Å². The van der Waals surface area contributed by atoms with Crippen molar-refractivity contribution in [1.82, 2.24) is 10.0 Å². The van der Waals surface area contributed by atoms with Crippen LogP contribution in [0.4, 0.5) is 0 Å². The van der Waals surface area contributed by atoms with Crippen molar-refractivity contribution in [3.05, 3.63) is 54.6 Å². The molecular weight excluding hydrogens is 344 g/mol. The Morgan fingerprint density at radius 2 is 1.64 bits per heavy atom. The lowest BCUT2D eigenvalue weighted by atomic mass is 10.3. The predicted molar refractivity (Wildman–Crippen MR) is 93.1 cm³/mol. The zero-order valence-corrected chi connectivity index (χ0v) is 14.6. The predicted octanol–water partition coefficient (Wildman–Crippen LogP) is 1.17. The fraction of sp³-hybridized carbons (Fsp3) is 0.235. The number of amides is 1. The average Bonchev–Trinajstić information content (AvgIpc) is 2.64. The van der Waals surface area contributed by atoms with Gasteiger partial charge in [0.2, 0.25) is 10.0 Å². The van der Waals surface area contributed by atoms with E-state index in [1.807, 2.05) is 6.07 Å². The number of hydrogen-bond donors (Lipinski definition) is 2. The first-order valence-electron chi connectivity index (χ1n) is 7.59. The summed E-state index contributed by atoms with van der Waals surface area (Å²) in [5.41, 5.74) is 0. The summed E-state index contributed by atoms with van der Waals surface area (Å²) in [6.45, 7) is 0.104. The second kappa shape index (κ2) is 9.05. The zero-order chi connectivity index (χ0) is 18.1. The number of benzene rings is 2. The monoisotopic (exact) mass is 364 g/mol. The normalized spacial score (nSPS) is 10.9. The SMILES string of the molecule is COc1ccc(S(=O)(=O)NCCNC(=O)COc2ccccc2)cc1. The highest BCUT2D eigenvalue weighted by Gasteiger charge is 2.13. The third kappa shape index (κ3) is 6.09. The minimum absolute atomic E-state index is 0.0748. The van der Waals surface area contributed by atoms with Gasteiger partial charge in [0.1, 0.15) is 11.5 Å². The molecule has 0 bridgehead atoms. The van der Waals surface area contributed by atoms with Crippen molar-refractivity contribution in [3.8, 4) is 11.5 Å². The van der Waals surface area contributed by atoms with Crippen LogP contribution >= 0.6 is 0 Å². The summed E-state index contributed by atoms with van der Waals surface area (Å²) >= 11 is 0. The fourth-order valence-electron chi connectivity index (χ4n) is 1.94. The van der Waals surface area contributed by atoms with Crippen LogP contribution in [0.2, 0.25) is 0 Å². The molecule has 25 heavy (non-hydrogen) atoms. The molecule has 0 aliphatic heterocycles. The van der Waals surface area contributed by atoms with Gasteiger partial charge in [0.15, 0.2) is 6.61 Å². The summed E-state index contributed by atoms with van der Waals surface area (Å²) in [6.07, 6.45) is 0. The van der Waals surface area contributed by atoms with E-state index in [4.69, 9.17) is 9.47 Å². The molecule has 0 saturated carbocycles. The highest BCUT2D eigenvalue weighted by molar-refractivity contribution is 7.89. The number of nitrogens with one attached hydrogen (secondary N) is 2. The highest BCUT2D eigenvalue weighted by Crippen LogP contribution is 2.14. The molecule has 0 spiro atoms. The first-order valence-corrected chi connectivity index (χ1v) is 9.08. The van der Waals surface area contributed by atoms with Crippen LogP contribution < -0.4 is 19.5 Å². The lowest BCUT2D eigenvalue weighted by molar-refractivity contribution is -0.123. The van der Waals surface area contributed by atoms with Gasteiger partial charge in [0, 0.05) is 13.1 Å². The van der Waals surface area contributed by atoms with Gasteiger partial charge < -0.3 is 14.8 Å². The molecule has 2 aromatic carbocycles. The maximum absolute atomic E-state index is 12.1. The average molecular weight is 364 g/mol. The molecule has 0 fully saturated rings. The van der Waals surface area contributed by atoms with E-state index >= 15 is 0 Å². The lowest BCUT2D eigenvalue weighted by Crippen LogP contribution is -2.36. The maximum Gasteiger partial charge on any atom is 0.257 e. The summed E-state index contributed by atoms with van der Waals surface area (Å²) in [6, 6.07) is 15.0. The van der Waals surface area contributed by atoms with Crippen LogP contribution in [-0.4, -0.2) is 41.1 Å². The number of carbonyl (C=O) groups is 1. The zero-order valence-electron chi connectivity index (χ0n) is 13.8. The standard InChI is InChI=1S/C17H20N2O5S/c1-23-14-7-9-16(10-8-14)25(21,22)19-12-11-18-17(20)13-24-15-5-3-2-4-6-15/h2-10,19H,11-13H2,1H3,(H,18,20). The van der Waals surface area contributed by atoms with Crippen LogP contribution in [0.15, 0.2) is 59.5 Å². The van der Waals surface area contributed by atoms with Gasteiger partial charge in [-0.15, -0.1) is 0 Å². The van der Waals surface area contributed by atoms with Gasteiger partial charge in [-0.05, 0) is 36.4 Å². The van der Waals surface area contributed by atoms with Crippen molar-refractivity contribution in [3.63, 3.8) is 0 Å². The van der Waals surface area contributed by atoms with Crippen molar-refractivity contribution in [2.45, 2.75) is 4.90 Å². The third-order valence-electron chi connectivity index (χ3n) is 3.22. The van der Waals surface area contributed by atoms with Crippen LogP contribution in [-0.2, 0) is 14.8 Å². The Labute approximate surface area is 147 Å². The van der Waals surface area contributed by atoms with Gasteiger partial charge in [-0.2, -0.15) is 0 Å². The molecule has 0 aromatic heterocycles. The van der Waals surface area contributed by atoms with Gasteiger partial charge in [-0.3, -0.25) is 4.79 Å². The van der Waals surface area contributed by atoms with Crippen LogP contribution in [0.5, 0.6) is 11.5 Å². The van der Waals surface area contributed by atoms with Crippen molar-refractivity contribution in [2.75, 3.05) is 26.8 Å². The fourth-order valence-corrected chi connectivity index (χ4v) is 2.97. The quantitative estimate of drug-likeness (QED) is 0.652. The summed E-state index contributed by atoms with van der Waals surface area (Å²) in [4.78, 5) is 11.8. The summed E-state index contributed by atoms with van der Waals surface area (Å²) in [5, 5.41) is 2.58. The summed E-state index contributed by atoms with van der Waals surface area (Å²) in [5.74, 6) is 0.843. The molecule has 0 saturated heterocycles. The molecular formula is C17H20N2O5S. The Balaban J connectivity index is 1.71. The Kier molecular flexibility index (Phi) is 6.79. The third-order valence-corrected chi connectivity index (χ3v) is 4.70. The van der Waals surface area contributed by atoms with E-state index < -0.39 is 10.0 Å². The molecule has 2 aromatic rings. The molecule has 7 nitrogen and oxygen atoms in total. The highest BCUT2D eigenvalue weighted by atomic mass is 32.2. The van der Waals surface area contributed by atoms with Crippen molar-refractivity contribution in [1.29, 1.82) is 0 Å². The second-order valence-electron chi connectivity index (χ2n) is 5.02. The maximum atomic E-state index is 12.1. The van der Waals surface area contributed by atoms with Crippen LogP contribution in [0.3, 0.4) is 0 Å². The van der Waals surface area contributed by atoms with Gasteiger partial charge >= 0.3 is 0 Å². The largest absolute Gasteiger partial charge is 0.497 e. The molecule has 0 radical (unpaired) electrons. The molecule has 0 aliphatic carbocycles. The second-order valence-corrected chi connectivity index (χ2v) is 6.79. The minimum Gasteiger partial charge on any atom is -0.497 e. The summed E-state index contributed by atoms with van der Waals surface area (Å²) in [7, 11) is -2.12. The van der Waals surface area contributed by atoms with Crippen LogP contribution in [0.1, 0.15) is 0 Å². The molecule has 1 amide bonds.